The molecule has 0 saturated heterocycles. The number of aromatic nitrogens is 3. The molecule has 7 nitrogen and oxygen atoms in total. The first-order valence-corrected chi connectivity index (χ1v) is 10.5. The minimum atomic E-state index is 0.664. The van der Waals surface area contributed by atoms with Crippen LogP contribution < -0.4 is 19.1 Å². The van der Waals surface area contributed by atoms with Crippen molar-refractivity contribution in [1.29, 1.82) is 0 Å². The molecule has 4 rings (SSSR count). The van der Waals surface area contributed by atoms with Gasteiger partial charge in [-0.15, -0.1) is 10.2 Å². The van der Waals surface area contributed by atoms with Gasteiger partial charge in [0.05, 0.1) is 20.8 Å². The van der Waals surface area contributed by atoms with E-state index in [2.05, 4.69) is 31.8 Å². The number of thioether (sulfide) groups is 1. The fourth-order valence-corrected chi connectivity index (χ4v) is 4.20. The minimum Gasteiger partial charge on any atom is -0.497 e. The molecule has 0 saturated carbocycles. The SMILES string of the molecule is CCOc1ccc(N2CCn3c(SCc4cc(OC)cc(OC)c4)nnc32)cc1. The third-order valence-electron chi connectivity index (χ3n) is 4.72. The van der Waals surface area contributed by atoms with Crippen LogP contribution in [0.4, 0.5) is 11.6 Å². The highest BCUT2D eigenvalue weighted by Crippen LogP contribution is 2.34. The fourth-order valence-electron chi connectivity index (χ4n) is 3.31. The highest BCUT2D eigenvalue weighted by molar-refractivity contribution is 7.98. The Hall–Kier alpha value is -2.87. The number of rotatable bonds is 8. The highest BCUT2D eigenvalue weighted by atomic mass is 32.2. The van der Waals surface area contributed by atoms with Crippen LogP contribution in [0.15, 0.2) is 47.6 Å². The largest absolute Gasteiger partial charge is 0.497 e. The van der Waals surface area contributed by atoms with Crippen LogP contribution >= 0.6 is 11.8 Å². The van der Waals surface area contributed by atoms with Crippen molar-refractivity contribution >= 4 is 23.4 Å². The third-order valence-corrected chi connectivity index (χ3v) is 5.76. The zero-order valence-corrected chi connectivity index (χ0v) is 17.6. The van der Waals surface area contributed by atoms with Gasteiger partial charge in [-0.2, -0.15) is 0 Å². The Balaban J connectivity index is 1.48. The Morgan fingerprint density at radius 2 is 1.66 bits per heavy atom. The van der Waals surface area contributed by atoms with Gasteiger partial charge in [-0.05, 0) is 48.9 Å². The Morgan fingerprint density at radius 3 is 2.31 bits per heavy atom. The molecule has 1 aliphatic heterocycles. The topological polar surface area (TPSA) is 61.6 Å². The molecule has 8 heteroatoms. The van der Waals surface area contributed by atoms with Crippen molar-refractivity contribution in [2.24, 2.45) is 0 Å². The summed E-state index contributed by atoms with van der Waals surface area (Å²) in [5, 5.41) is 9.75. The molecule has 0 fully saturated rings. The fraction of sp³-hybridized carbons (Fsp3) is 0.333. The average Bonchev–Trinajstić information content (AvgIpc) is 3.35. The van der Waals surface area contributed by atoms with E-state index in [0.717, 1.165) is 58.4 Å². The van der Waals surface area contributed by atoms with Gasteiger partial charge in [-0.1, -0.05) is 11.8 Å². The number of nitrogens with zero attached hydrogens (tertiary/aromatic N) is 4. The van der Waals surface area contributed by atoms with Crippen molar-refractivity contribution < 1.29 is 14.2 Å². The molecule has 1 aliphatic rings. The van der Waals surface area contributed by atoms with Crippen LogP contribution in [0.5, 0.6) is 17.2 Å². The molecule has 1 aromatic heterocycles. The third kappa shape index (κ3) is 4.12. The Kier molecular flexibility index (Phi) is 5.80. The molecule has 3 aromatic rings. The molecule has 0 N–H and O–H groups in total. The maximum absolute atomic E-state index is 5.53. The lowest BCUT2D eigenvalue weighted by Crippen LogP contribution is -2.14. The van der Waals surface area contributed by atoms with Gasteiger partial charge >= 0.3 is 0 Å². The summed E-state index contributed by atoms with van der Waals surface area (Å²) in [6.07, 6.45) is 0. The summed E-state index contributed by atoms with van der Waals surface area (Å²) in [5.41, 5.74) is 2.21. The van der Waals surface area contributed by atoms with Crippen LogP contribution in [0.1, 0.15) is 12.5 Å². The van der Waals surface area contributed by atoms with Crippen LogP contribution in [0.2, 0.25) is 0 Å². The Morgan fingerprint density at radius 1 is 0.931 bits per heavy atom. The molecular formula is C21H24N4O3S. The second kappa shape index (κ2) is 8.65. The van der Waals surface area contributed by atoms with Gasteiger partial charge in [-0.25, -0.2) is 0 Å². The first-order valence-electron chi connectivity index (χ1n) is 9.50. The van der Waals surface area contributed by atoms with Crippen molar-refractivity contribution in [1.82, 2.24) is 14.8 Å². The molecule has 0 spiro atoms. The predicted molar refractivity (Wildman–Crippen MR) is 114 cm³/mol. The molecule has 0 atom stereocenters. The maximum atomic E-state index is 5.53. The molecule has 0 unspecified atom stereocenters. The van der Waals surface area contributed by atoms with Crippen LogP contribution in [-0.4, -0.2) is 42.1 Å². The molecule has 152 valence electrons. The van der Waals surface area contributed by atoms with E-state index in [1.807, 2.05) is 37.3 Å². The van der Waals surface area contributed by atoms with Crippen molar-refractivity contribution in [3.63, 3.8) is 0 Å². The summed E-state index contributed by atoms with van der Waals surface area (Å²) in [6, 6.07) is 14.0. The zero-order chi connectivity index (χ0) is 20.2. The van der Waals surface area contributed by atoms with E-state index in [1.54, 1.807) is 26.0 Å². The standard InChI is InChI=1S/C21H24N4O3S/c1-4-28-17-7-5-16(6-8-17)24-9-10-25-20(24)22-23-21(25)29-14-15-11-18(26-2)13-19(12-15)27-3/h5-8,11-13H,4,9-10,14H2,1-3H3. The normalized spacial score (nSPS) is 12.7. The second-order valence-electron chi connectivity index (χ2n) is 6.52. The smallest absolute Gasteiger partial charge is 0.232 e. The summed E-state index contributed by atoms with van der Waals surface area (Å²) in [6.45, 7) is 4.38. The van der Waals surface area contributed by atoms with Crippen LogP contribution in [0.25, 0.3) is 0 Å². The zero-order valence-electron chi connectivity index (χ0n) is 16.8. The van der Waals surface area contributed by atoms with Crippen molar-refractivity contribution in [3.8, 4) is 17.2 Å². The van der Waals surface area contributed by atoms with E-state index in [4.69, 9.17) is 14.2 Å². The van der Waals surface area contributed by atoms with E-state index in [9.17, 15) is 0 Å². The Labute approximate surface area is 174 Å². The summed E-state index contributed by atoms with van der Waals surface area (Å²) in [5.74, 6) is 4.08. The first kappa shape index (κ1) is 19.4. The van der Waals surface area contributed by atoms with Crippen molar-refractivity contribution in [2.75, 3.05) is 32.3 Å². The van der Waals surface area contributed by atoms with Gasteiger partial charge in [0.15, 0.2) is 5.16 Å². The molecule has 0 bridgehead atoms. The lowest BCUT2D eigenvalue weighted by molar-refractivity contribution is 0.340. The van der Waals surface area contributed by atoms with Gasteiger partial charge in [0.1, 0.15) is 17.2 Å². The molecule has 0 aliphatic carbocycles. The summed E-state index contributed by atoms with van der Waals surface area (Å²) < 4.78 is 18.4. The van der Waals surface area contributed by atoms with E-state index in [-0.39, 0.29) is 0 Å². The van der Waals surface area contributed by atoms with Gasteiger partial charge < -0.3 is 19.1 Å². The quantitative estimate of drug-likeness (QED) is 0.515. The number of ether oxygens (including phenoxy) is 3. The average molecular weight is 413 g/mol. The lowest BCUT2D eigenvalue weighted by Gasteiger charge is -2.15. The number of benzene rings is 2. The van der Waals surface area contributed by atoms with E-state index >= 15 is 0 Å². The molecular weight excluding hydrogens is 388 g/mol. The molecule has 2 heterocycles. The van der Waals surface area contributed by atoms with Gasteiger partial charge in [0.2, 0.25) is 5.95 Å². The maximum Gasteiger partial charge on any atom is 0.232 e. The molecule has 2 aromatic carbocycles. The van der Waals surface area contributed by atoms with Crippen LogP contribution in [0, 0.1) is 0 Å². The number of hydrogen-bond donors (Lipinski definition) is 0. The minimum absolute atomic E-state index is 0.664. The summed E-state index contributed by atoms with van der Waals surface area (Å²) >= 11 is 1.66. The number of methoxy groups -OCH3 is 2. The molecule has 0 radical (unpaired) electrons. The van der Waals surface area contributed by atoms with Gasteiger partial charge in [-0.3, -0.25) is 4.57 Å². The number of anilines is 2. The summed E-state index contributed by atoms with van der Waals surface area (Å²) in [7, 11) is 3.32. The number of fused-ring (bicyclic) bond motifs is 1. The summed E-state index contributed by atoms with van der Waals surface area (Å²) in [4.78, 5) is 2.18. The number of hydrogen-bond acceptors (Lipinski definition) is 7. The molecule has 29 heavy (non-hydrogen) atoms. The first-order chi connectivity index (χ1) is 14.2. The van der Waals surface area contributed by atoms with Crippen LogP contribution in [-0.2, 0) is 12.3 Å². The predicted octanol–water partition coefficient (Wildman–Crippen LogP) is 4.14. The Bertz CT molecular complexity index is 952. The van der Waals surface area contributed by atoms with E-state index < -0.39 is 0 Å². The monoisotopic (exact) mass is 412 g/mol. The van der Waals surface area contributed by atoms with E-state index in [0.29, 0.717) is 6.61 Å². The second-order valence-corrected chi connectivity index (χ2v) is 7.46. The van der Waals surface area contributed by atoms with Gasteiger partial charge in [0.25, 0.3) is 0 Å². The van der Waals surface area contributed by atoms with Gasteiger partial charge in [0, 0.05) is 30.6 Å². The lowest BCUT2D eigenvalue weighted by atomic mass is 10.2. The van der Waals surface area contributed by atoms with Crippen molar-refractivity contribution in [2.45, 2.75) is 24.4 Å². The molecule has 0 amide bonds. The van der Waals surface area contributed by atoms with E-state index in [1.165, 1.54) is 0 Å². The highest BCUT2D eigenvalue weighted by Gasteiger charge is 2.26. The van der Waals surface area contributed by atoms with Crippen LogP contribution in [0.3, 0.4) is 0 Å². The van der Waals surface area contributed by atoms with Crippen molar-refractivity contribution in [3.05, 3.63) is 48.0 Å².